The summed E-state index contributed by atoms with van der Waals surface area (Å²) in [5, 5.41) is 4.51. The second-order valence-corrected chi connectivity index (χ2v) is 6.84. The van der Waals surface area contributed by atoms with Crippen molar-refractivity contribution in [3.63, 3.8) is 0 Å². The summed E-state index contributed by atoms with van der Waals surface area (Å²) in [6.07, 6.45) is 3.03. The van der Waals surface area contributed by atoms with E-state index in [1.54, 1.807) is 38.1 Å². The van der Waals surface area contributed by atoms with Crippen LogP contribution in [0.15, 0.2) is 24.3 Å². The van der Waals surface area contributed by atoms with Crippen LogP contribution < -0.4 is 15.4 Å². The summed E-state index contributed by atoms with van der Waals surface area (Å²) < 4.78 is 10.4. The highest BCUT2D eigenvalue weighted by atomic mass is 16.5. The summed E-state index contributed by atoms with van der Waals surface area (Å²) in [5.41, 5.74) is 0.474. The number of hydrogen-bond acceptors (Lipinski definition) is 6. The number of carbonyl (C=O) groups excluding carboxylic acids is 4. The van der Waals surface area contributed by atoms with Gasteiger partial charge in [0.05, 0.1) is 13.0 Å². The predicted octanol–water partition coefficient (Wildman–Crippen LogP) is 3.00. The van der Waals surface area contributed by atoms with Crippen LogP contribution in [0.2, 0.25) is 0 Å². The lowest BCUT2D eigenvalue weighted by Gasteiger charge is -2.09. The molecule has 0 unspecified atom stereocenters. The SMILES string of the molecule is CCCCCOc1ccc(C(=O)CCC(=O)OCC(=O)NC(=O)NC(C)C)cc1. The minimum atomic E-state index is -0.739. The van der Waals surface area contributed by atoms with Crippen molar-refractivity contribution >= 4 is 23.7 Å². The molecule has 0 atom stereocenters. The van der Waals surface area contributed by atoms with Crippen LogP contribution in [0.25, 0.3) is 0 Å². The monoisotopic (exact) mass is 406 g/mol. The number of benzene rings is 1. The van der Waals surface area contributed by atoms with E-state index in [0.717, 1.165) is 19.3 Å². The molecular weight excluding hydrogens is 376 g/mol. The van der Waals surface area contributed by atoms with E-state index in [1.807, 2.05) is 5.32 Å². The Balaban J connectivity index is 2.30. The molecular formula is C21H30N2O6. The summed E-state index contributed by atoms with van der Waals surface area (Å²) >= 11 is 0. The Bertz CT molecular complexity index is 685. The van der Waals surface area contributed by atoms with E-state index in [2.05, 4.69) is 12.2 Å². The van der Waals surface area contributed by atoms with Crippen LogP contribution in [-0.4, -0.2) is 42.9 Å². The fourth-order valence-electron chi connectivity index (χ4n) is 2.32. The maximum absolute atomic E-state index is 12.2. The number of urea groups is 1. The first-order chi connectivity index (χ1) is 13.8. The molecule has 3 amide bonds. The first-order valence-corrected chi connectivity index (χ1v) is 9.83. The molecule has 0 aliphatic heterocycles. The van der Waals surface area contributed by atoms with Crippen molar-refractivity contribution in [2.75, 3.05) is 13.2 Å². The quantitative estimate of drug-likeness (QED) is 0.314. The summed E-state index contributed by atoms with van der Waals surface area (Å²) in [5.74, 6) is -0.934. The average molecular weight is 406 g/mol. The van der Waals surface area contributed by atoms with Gasteiger partial charge in [0, 0.05) is 18.0 Å². The third kappa shape index (κ3) is 10.9. The van der Waals surface area contributed by atoms with E-state index >= 15 is 0 Å². The fourth-order valence-corrected chi connectivity index (χ4v) is 2.32. The van der Waals surface area contributed by atoms with E-state index in [9.17, 15) is 19.2 Å². The van der Waals surface area contributed by atoms with Crippen LogP contribution in [-0.2, 0) is 14.3 Å². The topological polar surface area (TPSA) is 111 Å². The van der Waals surface area contributed by atoms with Gasteiger partial charge in [0.1, 0.15) is 5.75 Å². The Kier molecular flexibility index (Phi) is 11.1. The maximum atomic E-state index is 12.2. The summed E-state index contributed by atoms with van der Waals surface area (Å²) in [6, 6.07) is 5.98. The third-order valence-corrected chi connectivity index (χ3v) is 3.79. The molecule has 0 heterocycles. The number of hydrogen-bond donors (Lipinski definition) is 2. The molecule has 0 radical (unpaired) electrons. The van der Waals surface area contributed by atoms with Gasteiger partial charge in [0.2, 0.25) is 0 Å². The second-order valence-electron chi connectivity index (χ2n) is 6.84. The van der Waals surface area contributed by atoms with Gasteiger partial charge in [-0.3, -0.25) is 19.7 Å². The van der Waals surface area contributed by atoms with Gasteiger partial charge in [-0.25, -0.2) is 4.79 Å². The van der Waals surface area contributed by atoms with Gasteiger partial charge in [-0.15, -0.1) is 0 Å². The molecule has 2 N–H and O–H groups in total. The van der Waals surface area contributed by atoms with E-state index in [1.165, 1.54) is 0 Å². The van der Waals surface area contributed by atoms with Crippen molar-refractivity contribution in [3.05, 3.63) is 29.8 Å². The molecule has 0 aromatic heterocycles. The minimum Gasteiger partial charge on any atom is -0.494 e. The van der Waals surface area contributed by atoms with Crippen molar-refractivity contribution in [1.82, 2.24) is 10.6 Å². The van der Waals surface area contributed by atoms with E-state index in [4.69, 9.17) is 9.47 Å². The van der Waals surface area contributed by atoms with Crippen LogP contribution in [0, 0.1) is 0 Å². The Morgan fingerprint density at radius 3 is 2.31 bits per heavy atom. The smallest absolute Gasteiger partial charge is 0.321 e. The lowest BCUT2D eigenvalue weighted by Crippen LogP contribution is -2.44. The summed E-state index contributed by atoms with van der Waals surface area (Å²) in [4.78, 5) is 46.7. The number of esters is 1. The van der Waals surface area contributed by atoms with Gasteiger partial charge in [-0.1, -0.05) is 19.8 Å². The van der Waals surface area contributed by atoms with E-state index in [-0.39, 0.29) is 24.7 Å². The number of amides is 3. The molecule has 0 bridgehead atoms. The normalized spacial score (nSPS) is 10.3. The van der Waals surface area contributed by atoms with Gasteiger partial charge in [-0.2, -0.15) is 0 Å². The molecule has 0 spiro atoms. The molecule has 1 aromatic carbocycles. The number of nitrogens with one attached hydrogen (secondary N) is 2. The van der Waals surface area contributed by atoms with Crippen LogP contribution >= 0.6 is 0 Å². The summed E-state index contributed by atoms with van der Waals surface area (Å²) in [7, 11) is 0. The summed E-state index contributed by atoms with van der Waals surface area (Å²) in [6.45, 7) is 5.67. The number of carbonyl (C=O) groups is 4. The predicted molar refractivity (Wildman–Crippen MR) is 108 cm³/mol. The maximum Gasteiger partial charge on any atom is 0.321 e. The van der Waals surface area contributed by atoms with Gasteiger partial charge in [-0.05, 0) is 44.5 Å². The van der Waals surface area contributed by atoms with Crippen molar-refractivity contribution in [1.29, 1.82) is 0 Å². The zero-order valence-corrected chi connectivity index (χ0v) is 17.3. The standard InChI is InChI=1S/C21H30N2O6/c1-4-5-6-13-28-17-9-7-16(8-10-17)18(24)11-12-20(26)29-14-19(25)23-21(27)22-15(2)3/h7-10,15H,4-6,11-14H2,1-3H3,(H2,22,23,25,27). The lowest BCUT2D eigenvalue weighted by molar-refractivity contribution is -0.148. The molecule has 0 fully saturated rings. The first kappa shape index (κ1) is 24.1. The molecule has 1 aromatic rings. The molecule has 0 saturated carbocycles. The van der Waals surface area contributed by atoms with Crippen molar-refractivity contribution < 1.29 is 28.7 Å². The Hall–Kier alpha value is -2.90. The number of ether oxygens (including phenoxy) is 2. The number of rotatable bonds is 12. The molecule has 0 saturated heterocycles. The highest BCUT2D eigenvalue weighted by molar-refractivity contribution is 5.98. The van der Waals surface area contributed by atoms with Crippen molar-refractivity contribution in [2.24, 2.45) is 0 Å². The Morgan fingerprint density at radius 1 is 1.00 bits per heavy atom. The highest BCUT2D eigenvalue weighted by Crippen LogP contribution is 2.15. The number of Topliss-reactive ketones (excluding diaryl/α,β-unsaturated/α-hetero) is 1. The zero-order valence-electron chi connectivity index (χ0n) is 17.3. The van der Waals surface area contributed by atoms with Crippen molar-refractivity contribution in [2.45, 2.75) is 58.9 Å². The van der Waals surface area contributed by atoms with Crippen LogP contribution in [0.5, 0.6) is 5.75 Å². The average Bonchev–Trinajstić information content (AvgIpc) is 2.67. The fraction of sp³-hybridized carbons (Fsp3) is 0.524. The van der Waals surface area contributed by atoms with Gasteiger partial charge < -0.3 is 14.8 Å². The highest BCUT2D eigenvalue weighted by Gasteiger charge is 2.14. The van der Waals surface area contributed by atoms with Crippen LogP contribution in [0.4, 0.5) is 4.79 Å². The van der Waals surface area contributed by atoms with E-state index in [0.29, 0.717) is 17.9 Å². The van der Waals surface area contributed by atoms with Gasteiger partial charge in [0.25, 0.3) is 5.91 Å². The molecule has 0 aliphatic carbocycles. The Morgan fingerprint density at radius 2 is 1.69 bits per heavy atom. The molecule has 1 rings (SSSR count). The van der Waals surface area contributed by atoms with Crippen molar-refractivity contribution in [3.8, 4) is 5.75 Å². The minimum absolute atomic E-state index is 0.0367. The number of imide groups is 1. The van der Waals surface area contributed by atoms with Gasteiger partial charge in [0.15, 0.2) is 12.4 Å². The van der Waals surface area contributed by atoms with Crippen LogP contribution in [0.1, 0.15) is 63.2 Å². The molecule has 8 heteroatoms. The number of ketones is 1. The molecule has 0 aliphatic rings. The molecule has 160 valence electrons. The zero-order chi connectivity index (χ0) is 21.6. The van der Waals surface area contributed by atoms with Crippen LogP contribution in [0.3, 0.4) is 0 Å². The number of unbranched alkanes of at least 4 members (excludes halogenated alkanes) is 2. The molecule has 29 heavy (non-hydrogen) atoms. The largest absolute Gasteiger partial charge is 0.494 e. The van der Waals surface area contributed by atoms with Gasteiger partial charge >= 0.3 is 12.0 Å². The lowest BCUT2D eigenvalue weighted by atomic mass is 10.1. The molecule has 8 nitrogen and oxygen atoms in total. The first-order valence-electron chi connectivity index (χ1n) is 9.83. The second kappa shape index (κ2) is 13.3. The third-order valence-electron chi connectivity index (χ3n) is 3.79. The van der Waals surface area contributed by atoms with E-state index < -0.39 is 24.5 Å². The Labute approximate surface area is 171 Å².